The van der Waals surface area contributed by atoms with Crippen LogP contribution in [0, 0.1) is 0 Å². The van der Waals surface area contributed by atoms with Crippen molar-refractivity contribution in [2.24, 2.45) is 0 Å². The first-order valence-corrected chi connectivity index (χ1v) is 7.70. The van der Waals surface area contributed by atoms with Gasteiger partial charge >= 0.3 is 0 Å². The molecule has 0 aliphatic carbocycles. The summed E-state index contributed by atoms with van der Waals surface area (Å²) in [4.78, 5) is 2.49. The van der Waals surface area contributed by atoms with Crippen molar-refractivity contribution in [1.29, 1.82) is 0 Å². The van der Waals surface area contributed by atoms with E-state index in [1.165, 1.54) is 11.1 Å². The van der Waals surface area contributed by atoms with Crippen molar-refractivity contribution >= 4 is 11.6 Å². The zero-order chi connectivity index (χ0) is 13.9. The van der Waals surface area contributed by atoms with Crippen molar-refractivity contribution in [3.8, 4) is 11.5 Å². The van der Waals surface area contributed by atoms with Crippen LogP contribution in [-0.4, -0.2) is 44.4 Å². The Morgan fingerprint density at radius 3 is 2.85 bits per heavy atom. The highest BCUT2D eigenvalue weighted by atomic mass is 35.5. The SMILES string of the molecule is CCc1c(CCN2CCNCC2)cc2c(c1Cl)OCO2. The molecule has 0 bridgehead atoms. The Labute approximate surface area is 125 Å². The van der Waals surface area contributed by atoms with Crippen LogP contribution in [0.25, 0.3) is 0 Å². The Kier molecular flexibility index (Phi) is 4.34. The third kappa shape index (κ3) is 2.73. The second kappa shape index (κ2) is 6.20. The molecule has 0 unspecified atom stereocenters. The quantitative estimate of drug-likeness (QED) is 0.922. The molecule has 0 spiro atoms. The molecule has 0 aromatic heterocycles. The number of nitrogens with one attached hydrogen (secondary N) is 1. The summed E-state index contributed by atoms with van der Waals surface area (Å²) in [5, 5.41) is 4.11. The standard InChI is InChI=1S/C15H21ClN2O2/c1-2-12-11(3-6-18-7-4-17-5-8-18)9-13-15(14(12)16)20-10-19-13/h9,17H,2-8,10H2,1H3. The van der Waals surface area contributed by atoms with Gasteiger partial charge in [-0.2, -0.15) is 0 Å². The van der Waals surface area contributed by atoms with Gasteiger partial charge in [0.25, 0.3) is 0 Å². The highest BCUT2D eigenvalue weighted by molar-refractivity contribution is 6.33. The summed E-state index contributed by atoms with van der Waals surface area (Å²) in [6, 6.07) is 2.11. The van der Waals surface area contributed by atoms with Gasteiger partial charge in [0, 0.05) is 32.7 Å². The summed E-state index contributed by atoms with van der Waals surface area (Å²) in [5.41, 5.74) is 2.49. The molecule has 0 saturated carbocycles. The molecule has 1 aromatic carbocycles. The summed E-state index contributed by atoms with van der Waals surface area (Å²) in [6.07, 6.45) is 1.94. The van der Waals surface area contributed by atoms with Crippen molar-refractivity contribution in [3.63, 3.8) is 0 Å². The van der Waals surface area contributed by atoms with Gasteiger partial charge in [-0.3, -0.25) is 0 Å². The van der Waals surface area contributed by atoms with E-state index in [4.69, 9.17) is 21.1 Å². The van der Waals surface area contributed by atoms with Gasteiger partial charge in [-0.05, 0) is 30.0 Å². The fourth-order valence-electron chi connectivity index (χ4n) is 2.91. The van der Waals surface area contributed by atoms with Gasteiger partial charge in [0.15, 0.2) is 11.5 Å². The molecule has 5 heteroatoms. The molecule has 2 heterocycles. The summed E-state index contributed by atoms with van der Waals surface area (Å²) < 4.78 is 10.9. The van der Waals surface area contributed by atoms with E-state index in [0.29, 0.717) is 0 Å². The van der Waals surface area contributed by atoms with E-state index >= 15 is 0 Å². The fourth-order valence-corrected chi connectivity index (χ4v) is 3.31. The lowest BCUT2D eigenvalue weighted by atomic mass is 10.0. The highest BCUT2D eigenvalue weighted by Crippen LogP contribution is 2.43. The minimum Gasteiger partial charge on any atom is -0.454 e. The number of hydrogen-bond acceptors (Lipinski definition) is 4. The van der Waals surface area contributed by atoms with Crippen LogP contribution in [0.3, 0.4) is 0 Å². The van der Waals surface area contributed by atoms with E-state index in [2.05, 4.69) is 23.2 Å². The Morgan fingerprint density at radius 1 is 1.30 bits per heavy atom. The molecule has 4 nitrogen and oxygen atoms in total. The molecular formula is C15H21ClN2O2. The number of rotatable bonds is 4. The fraction of sp³-hybridized carbons (Fsp3) is 0.600. The number of halogens is 1. The Morgan fingerprint density at radius 2 is 2.10 bits per heavy atom. The summed E-state index contributed by atoms with van der Waals surface area (Å²) >= 11 is 6.45. The second-order valence-electron chi connectivity index (χ2n) is 5.26. The molecule has 3 rings (SSSR count). The van der Waals surface area contributed by atoms with Gasteiger partial charge in [-0.1, -0.05) is 18.5 Å². The van der Waals surface area contributed by atoms with Gasteiger partial charge in [-0.15, -0.1) is 0 Å². The lowest BCUT2D eigenvalue weighted by Crippen LogP contribution is -2.44. The molecule has 0 amide bonds. The number of piperazine rings is 1. The Balaban J connectivity index is 1.76. The molecule has 1 aromatic rings. The monoisotopic (exact) mass is 296 g/mol. The van der Waals surface area contributed by atoms with Crippen LogP contribution in [0.5, 0.6) is 11.5 Å². The minimum atomic E-state index is 0.277. The molecule has 0 radical (unpaired) electrons. The number of fused-ring (bicyclic) bond motifs is 1. The van der Waals surface area contributed by atoms with Gasteiger partial charge in [-0.25, -0.2) is 0 Å². The van der Waals surface area contributed by atoms with Gasteiger partial charge < -0.3 is 19.7 Å². The van der Waals surface area contributed by atoms with Crippen molar-refractivity contribution in [3.05, 3.63) is 22.2 Å². The maximum atomic E-state index is 6.45. The van der Waals surface area contributed by atoms with Crippen LogP contribution in [0.2, 0.25) is 5.02 Å². The van der Waals surface area contributed by atoms with Crippen LogP contribution in [0.15, 0.2) is 6.07 Å². The molecule has 110 valence electrons. The van der Waals surface area contributed by atoms with E-state index in [1.807, 2.05) is 0 Å². The van der Waals surface area contributed by atoms with Gasteiger partial charge in [0.2, 0.25) is 6.79 Å². The minimum absolute atomic E-state index is 0.277. The number of benzene rings is 1. The topological polar surface area (TPSA) is 33.7 Å². The van der Waals surface area contributed by atoms with E-state index < -0.39 is 0 Å². The van der Waals surface area contributed by atoms with Crippen LogP contribution in [0.1, 0.15) is 18.1 Å². The highest BCUT2D eigenvalue weighted by Gasteiger charge is 2.22. The first-order chi connectivity index (χ1) is 9.79. The molecule has 1 N–H and O–H groups in total. The average molecular weight is 297 g/mol. The lowest BCUT2D eigenvalue weighted by Gasteiger charge is -2.27. The van der Waals surface area contributed by atoms with Crippen LogP contribution < -0.4 is 14.8 Å². The summed E-state index contributed by atoms with van der Waals surface area (Å²) in [7, 11) is 0. The number of nitrogens with zero attached hydrogens (tertiary/aromatic N) is 1. The smallest absolute Gasteiger partial charge is 0.231 e. The third-order valence-corrected chi connectivity index (χ3v) is 4.46. The molecule has 2 aliphatic heterocycles. The Hall–Kier alpha value is -0.970. The normalized spacial score (nSPS) is 18.5. The molecule has 1 fully saturated rings. The number of hydrogen-bond donors (Lipinski definition) is 1. The van der Waals surface area contributed by atoms with Crippen molar-refractivity contribution in [2.45, 2.75) is 19.8 Å². The Bertz CT molecular complexity index is 487. The van der Waals surface area contributed by atoms with E-state index in [0.717, 1.165) is 62.1 Å². The molecule has 1 saturated heterocycles. The third-order valence-electron chi connectivity index (χ3n) is 4.06. The molecule has 2 aliphatic rings. The zero-order valence-electron chi connectivity index (χ0n) is 11.9. The van der Waals surface area contributed by atoms with Crippen LogP contribution in [0.4, 0.5) is 0 Å². The second-order valence-corrected chi connectivity index (χ2v) is 5.64. The van der Waals surface area contributed by atoms with Crippen molar-refractivity contribution in [2.75, 3.05) is 39.5 Å². The molecule has 20 heavy (non-hydrogen) atoms. The summed E-state index contributed by atoms with van der Waals surface area (Å²) in [6.45, 7) is 7.91. The van der Waals surface area contributed by atoms with Crippen molar-refractivity contribution in [1.82, 2.24) is 10.2 Å². The first-order valence-electron chi connectivity index (χ1n) is 7.32. The molecule has 0 atom stereocenters. The van der Waals surface area contributed by atoms with Crippen molar-refractivity contribution < 1.29 is 9.47 Å². The molecular weight excluding hydrogens is 276 g/mol. The lowest BCUT2D eigenvalue weighted by molar-refractivity contribution is 0.174. The predicted molar refractivity (Wildman–Crippen MR) is 80.0 cm³/mol. The zero-order valence-corrected chi connectivity index (χ0v) is 12.6. The average Bonchev–Trinajstić information content (AvgIpc) is 2.95. The van der Waals surface area contributed by atoms with E-state index in [-0.39, 0.29) is 6.79 Å². The largest absolute Gasteiger partial charge is 0.454 e. The first kappa shape index (κ1) is 14.0. The maximum absolute atomic E-state index is 6.45. The van der Waals surface area contributed by atoms with E-state index in [9.17, 15) is 0 Å². The van der Waals surface area contributed by atoms with Crippen LogP contribution in [-0.2, 0) is 12.8 Å². The maximum Gasteiger partial charge on any atom is 0.231 e. The van der Waals surface area contributed by atoms with Gasteiger partial charge in [0.05, 0.1) is 5.02 Å². The van der Waals surface area contributed by atoms with E-state index in [1.54, 1.807) is 0 Å². The number of ether oxygens (including phenoxy) is 2. The van der Waals surface area contributed by atoms with Crippen LogP contribution >= 0.6 is 11.6 Å². The predicted octanol–water partition coefficient (Wildman–Crippen LogP) is 2.08. The summed E-state index contributed by atoms with van der Waals surface area (Å²) in [5.74, 6) is 1.51. The van der Waals surface area contributed by atoms with Gasteiger partial charge in [0.1, 0.15) is 0 Å².